The number of ether oxygens (including phenoxy) is 1. The predicted octanol–water partition coefficient (Wildman–Crippen LogP) is 4.71. The van der Waals surface area contributed by atoms with Crippen LogP contribution in [0.15, 0.2) is 24.3 Å². The third-order valence-electron chi connectivity index (χ3n) is 3.61. The fraction of sp³-hybridized carbons (Fsp3) is 0.667. The molecule has 0 aliphatic heterocycles. The summed E-state index contributed by atoms with van der Waals surface area (Å²) in [5.41, 5.74) is 6.90. The highest BCUT2D eigenvalue weighted by Crippen LogP contribution is 2.15. The highest BCUT2D eigenvalue weighted by molar-refractivity contribution is 5.27. The number of rotatable bonds is 12. The van der Waals surface area contributed by atoms with Crippen molar-refractivity contribution >= 4 is 0 Å². The quantitative estimate of drug-likeness (QED) is 0.562. The van der Waals surface area contributed by atoms with Crippen LogP contribution in [0, 0.1) is 0 Å². The van der Waals surface area contributed by atoms with E-state index in [-0.39, 0.29) is 0 Å². The zero-order valence-corrected chi connectivity index (χ0v) is 13.1. The molecule has 2 heteroatoms. The van der Waals surface area contributed by atoms with E-state index in [1.165, 1.54) is 50.5 Å². The number of benzene rings is 1. The Labute approximate surface area is 124 Å². The Balaban J connectivity index is 2.13. The van der Waals surface area contributed by atoms with E-state index >= 15 is 0 Å². The van der Waals surface area contributed by atoms with E-state index in [1.807, 2.05) is 0 Å². The van der Waals surface area contributed by atoms with Gasteiger partial charge in [-0.1, -0.05) is 51.2 Å². The van der Waals surface area contributed by atoms with Crippen LogP contribution in [0.3, 0.4) is 0 Å². The maximum Gasteiger partial charge on any atom is 0.119 e. The fourth-order valence-corrected chi connectivity index (χ4v) is 2.30. The summed E-state index contributed by atoms with van der Waals surface area (Å²) >= 11 is 0. The van der Waals surface area contributed by atoms with Gasteiger partial charge in [0.2, 0.25) is 0 Å². The van der Waals surface area contributed by atoms with Crippen molar-refractivity contribution in [1.29, 1.82) is 0 Å². The molecule has 1 aromatic rings. The van der Waals surface area contributed by atoms with Gasteiger partial charge in [-0.2, -0.15) is 0 Å². The molecule has 0 aliphatic carbocycles. The topological polar surface area (TPSA) is 35.2 Å². The predicted molar refractivity (Wildman–Crippen MR) is 87.3 cm³/mol. The number of unbranched alkanes of at least 4 members (excludes halogenated alkanes) is 6. The van der Waals surface area contributed by atoms with Crippen molar-refractivity contribution in [3.63, 3.8) is 0 Å². The molecule has 0 radical (unpaired) electrons. The molecular formula is C18H31NO. The second-order valence-electron chi connectivity index (χ2n) is 5.51. The average molecular weight is 277 g/mol. The van der Waals surface area contributed by atoms with Crippen molar-refractivity contribution in [3.8, 4) is 5.75 Å². The van der Waals surface area contributed by atoms with Gasteiger partial charge in [0, 0.05) is 0 Å². The Bertz CT molecular complexity index is 288. The number of hydrogen-bond donors (Lipinski definition) is 1. The van der Waals surface area contributed by atoms with Gasteiger partial charge in [0.1, 0.15) is 5.75 Å². The van der Waals surface area contributed by atoms with Gasteiger partial charge in [0.05, 0.1) is 6.61 Å². The Kier molecular flexibility index (Phi) is 10.0. The van der Waals surface area contributed by atoms with E-state index in [4.69, 9.17) is 10.5 Å². The van der Waals surface area contributed by atoms with Crippen molar-refractivity contribution in [3.05, 3.63) is 29.8 Å². The molecule has 2 nitrogen and oxygen atoms in total. The molecule has 0 unspecified atom stereocenters. The molecule has 0 amide bonds. The molecule has 0 heterocycles. The summed E-state index contributed by atoms with van der Waals surface area (Å²) in [5.74, 6) is 1.01. The molecular weight excluding hydrogens is 246 g/mol. The van der Waals surface area contributed by atoms with Crippen LogP contribution < -0.4 is 10.5 Å². The van der Waals surface area contributed by atoms with Crippen molar-refractivity contribution in [2.24, 2.45) is 5.73 Å². The van der Waals surface area contributed by atoms with E-state index in [2.05, 4.69) is 31.2 Å². The van der Waals surface area contributed by atoms with Crippen LogP contribution in [0.5, 0.6) is 5.75 Å². The largest absolute Gasteiger partial charge is 0.494 e. The SMILES string of the molecule is CCCCCCOc1ccc(CCCCCCN)cc1. The Morgan fingerprint density at radius 1 is 0.850 bits per heavy atom. The molecule has 114 valence electrons. The van der Waals surface area contributed by atoms with Gasteiger partial charge < -0.3 is 10.5 Å². The molecule has 0 aliphatic rings. The molecule has 0 saturated carbocycles. The van der Waals surface area contributed by atoms with Gasteiger partial charge in [0.15, 0.2) is 0 Å². The van der Waals surface area contributed by atoms with Crippen LogP contribution in [0.4, 0.5) is 0 Å². The minimum atomic E-state index is 0.824. The Morgan fingerprint density at radius 3 is 2.25 bits per heavy atom. The summed E-state index contributed by atoms with van der Waals surface area (Å²) in [6.45, 7) is 3.90. The number of aryl methyl sites for hydroxylation is 1. The van der Waals surface area contributed by atoms with E-state index in [9.17, 15) is 0 Å². The first-order valence-electron chi connectivity index (χ1n) is 8.28. The Morgan fingerprint density at radius 2 is 1.55 bits per heavy atom. The van der Waals surface area contributed by atoms with Crippen molar-refractivity contribution in [2.75, 3.05) is 13.2 Å². The second kappa shape index (κ2) is 11.8. The summed E-state index contributed by atoms with van der Waals surface area (Å²) < 4.78 is 5.75. The highest BCUT2D eigenvalue weighted by Gasteiger charge is 1.97. The smallest absolute Gasteiger partial charge is 0.119 e. The van der Waals surface area contributed by atoms with Crippen molar-refractivity contribution in [2.45, 2.75) is 64.7 Å². The van der Waals surface area contributed by atoms with Crippen LogP contribution in [0.1, 0.15) is 63.9 Å². The van der Waals surface area contributed by atoms with Gasteiger partial charge in [-0.15, -0.1) is 0 Å². The lowest BCUT2D eigenvalue weighted by atomic mass is 10.1. The van der Waals surface area contributed by atoms with Gasteiger partial charge in [0.25, 0.3) is 0 Å². The molecule has 0 atom stereocenters. The van der Waals surface area contributed by atoms with Crippen LogP contribution in [-0.4, -0.2) is 13.2 Å². The first kappa shape index (κ1) is 17.0. The van der Waals surface area contributed by atoms with Crippen LogP contribution >= 0.6 is 0 Å². The number of nitrogens with two attached hydrogens (primary N) is 1. The zero-order valence-electron chi connectivity index (χ0n) is 13.1. The molecule has 2 N–H and O–H groups in total. The Hall–Kier alpha value is -1.02. The molecule has 1 aromatic carbocycles. The fourth-order valence-electron chi connectivity index (χ4n) is 2.30. The normalized spacial score (nSPS) is 10.7. The molecule has 0 saturated heterocycles. The van der Waals surface area contributed by atoms with Gasteiger partial charge in [-0.3, -0.25) is 0 Å². The van der Waals surface area contributed by atoms with E-state index < -0.39 is 0 Å². The van der Waals surface area contributed by atoms with Crippen molar-refractivity contribution in [1.82, 2.24) is 0 Å². The lowest BCUT2D eigenvalue weighted by Crippen LogP contribution is -1.98. The highest BCUT2D eigenvalue weighted by atomic mass is 16.5. The molecule has 0 aromatic heterocycles. The monoisotopic (exact) mass is 277 g/mol. The lowest BCUT2D eigenvalue weighted by Gasteiger charge is -2.07. The lowest BCUT2D eigenvalue weighted by molar-refractivity contribution is 0.305. The van der Waals surface area contributed by atoms with Gasteiger partial charge >= 0.3 is 0 Å². The molecule has 0 bridgehead atoms. The van der Waals surface area contributed by atoms with Crippen LogP contribution in [-0.2, 0) is 6.42 Å². The molecule has 0 spiro atoms. The molecule has 20 heavy (non-hydrogen) atoms. The van der Waals surface area contributed by atoms with Crippen LogP contribution in [0.2, 0.25) is 0 Å². The van der Waals surface area contributed by atoms with E-state index in [1.54, 1.807) is 0 Å². The first-order valence-corrected chi connectivity index (χ1v) is 8.28. The maximum absolute atomic E-state index is 5.75. The second-order valence-corrected chi connectivity index (χ2v) is 5.51. The van der Waals surface area contributed by atoms with E-state index in [0.717, 1.165) is 31.7 Å². The van der Waals surface area contributed by atoms with Gasteiger partial charge in [-0.25, -0.2) is 0 Å². The standard InChI is InChI=1S/C18H31NO/c1-2-3-4-9-16-20-18-13-11-17(12-14-18)10-7-5-6-8-15-19/h11-14H,2-10,15-16,19H2,1H3. The zero-order chi connectivity index (χ0) is 14.5. The van der Waals surface area contributed by atoms with E-state index in [0.29, 0.717) is 0 Å². The molecule has 0 fully saturated rings. The van der Waals surface area contributed by atoms with Crippen molar-refractivity contribution < 1.29 is 4.74 Å². The summed E-state index contributed by atoms with van der Waals surface area (Å²) in [6.07, 6.45) is 11.2. The average Bonchev–Trinajstić information content (AvgIpc) is 2.48. The summed E-state index contributed by atoms with van der Waals surface area (Å²) in [5, 5.41) is 0. The first-order chi connectivity index (χ1) is 9.86. The minimum Gasteiger partial charge on any atom is -0.494 e. The third-order valence-corrected chi connectivity index (χ3v) is 3.61. The number of hydrogen-bond acceptors (Lipinski definition) is 2. The minimum absolute atomic E-state index is 0.824. The summed E-state index contributed by atoms with van der Waals surface area (Å²) in [7, 11) is 0. The van der Waals surface area contributed by atoms with Gasteiger partial charge in [-0.05, 0) is 49.9 Å². The summed E-state index contributed by atoms with van der Waals surface area (Å²) in [6, 6.07) is 8.61. The molecule has 1 rings (SSSR count). The third kappa shape index (κ3) is 8.21. The maximum atomic E-state index is 5.75. The summed E-state index contributed by atoms with van der Waals surface area (Å²) in [4.78, 5) is 0. The van der Waals surface area contributed by atoms with Crippen LogP contribution in [0.25, 0.3) is 0 Å².